The van der Waals surface area contributed by atoms with E-state index in [2.05, 4.69) is 129 Å². The largest absolute Gasteiger partial charge is 0.394 e. The molecule has 1 aliphatic rings. The van der Waals surface area contributed by atoms with Crippen LogP contribution >= 0.6 is 0 Å². The average Bonchev–Trinajstić information content (AvgIpc) is 3.70. The van der Waals surface area contributed by atoms with Gasteiger partial charge in [0.2, 0.25) is 5.91 Å². The highest BCUT2D eigenvalue weighted by Gasteiger charge is 2.44. The lowest BCUT2D eigenvalue weighted by Gasteiger charge is -2.40. The van der Waals surface area contributed by atoms with E-state index in [1.165, 1.54) is 180 Å². The molecule has 7 atom stereocenters. The third-order valence-electron chi connectivity index (χ3n) is 15.7. The maximum atomic E-state index is 13.1. The van der Waals surface area contributed by atoms with Gasteiger partial charge in [-0.1, -0.05) is 302 Å². The Hall–Kier alpha value is -3.41. The third-order valence-corrected chi connectivity index (χ3v) is 15.7. The van der Waals surface area contributed by atoms with E-state index >= 15 is 0 Å². The Bertz CT molecular complexity index is 1740. The van der Waals surface area contributed by atoms with Crippen molar-refractivity contribution in [3.63, 3.8) is 0 Å². The normalized spacial score (nSPS) is 19.0. The first-order valence-electron chi connectivity index (χ1n) is 34.8. The number of rotatable bonds is 59. The van der Waals surface area contributed by atoms with Crippen LogP contribution in [0.5, 0.6) is 0 Å². The minimum atomic E-state index is -1.58. The Labute approximate surface area is 516 Å². The molecule has 7 unspecified atom stereocenters. The van der Waals surface area contributed by atoms with E-state index in [0.29, 0.717) is 6.42 Å². The molecule has 482 valence electrons. The Morgan fingerprint density at radius 1 is 0.417 bits per heavy atom. The van der Waals surface area contributed by atoms with Crippen LogP contribution in [0.2, 0.25) is 0 Å². The van der Waals surface area contributed by atoms with Crippen molar-refractivity contribution in [2.75, 3.05) is 13.2 Å². The van der Waals surface area contributed by atoms with E-state index in [4.69, 9.17) is 9.47 Å². The zero-order chi connectivity index (χ0) is 60.7. The number of ether oxygens (including phenoxy) is 2. The summed E-state index contributed by atoms with van der Waals surface area (Å²) in [5.74, 6) is -0.193. The monoisotopic (exact) mass is 1170 g/mol. The number of nitrogens with one attached hydrogen (secondary N) is 1. The summed E-state index contributed by atoms with van der Waals surface area (Å²) in [5.41, 5.74) is 0. The quantitative estimate of drug-likeness (QED) is 0.0261. The summed E-state index contributed by atoms with van der Waals surface area (Å²) in [7, 11) is 0. The van der Waals surface area contributed by atoms with Crippen LogP contribution in [0.4, 0.5) is 0 Å². The van der Waals surface area contributed by atoms with Gasteiger partial charge in [-0.3, -0.25) is 4.79 Å². The summed E-state index contributed by atoms with van der Waals surface area (Å²) in [5, 5.41) is 54.7. The summed E-state index contributed by atoms with van der Waals surface area (Å²) in [6.07, 6.45) is 87.2. The standard InChI is InChI=1S/C75H129NO8/c1-3-5-7-9-11-13-15-17-19-21-23-25-27-29-30-31-32-33-34-35-36-37-38-39-40-41-43-45-47-49-51-53-55-57-59-61-63-65-71(79)76-68(67-83-75-74(82)73(81)72(80)70(66-77)84-75)69(78)64-62-60-58-56-54-52-50-48-46-44-42-28-26-24-22-20-18-16-14-12-10-8-6-4-2/h5,7,11,13,17,19,23,25,29-30,32-33,35-36,46,48,54,56,62,64,68-70,72-75,77-78,80-82H,3-4,6,8-10,12,14-16,18,20-22,24,26-28,31,34,37-45,47,49-53,55,57-61,63,65-67H2,1-2H3,(H,76,79)/b7-5-,13-11-,19-17-,25-23-,30-29-,33-32-,36-35-,48-46+,56-54+,64-62+. The first-order valence-corrected chi connectivity index (χ1v) is 34.8. The highest BCUT2D eigenvalue weighted by atomic mass is 16.7. The second kappa shape index (κ2) is 62.6. The number of allylic oxidation sites excluding steroid dienone is 19. The molecular weight excluding hydrogens is 1040 g/mol. The highest BCUT2D eigenvalue weighted by Crippen LogP contribution is 2.23. The van der Waals surface area contributed by atoms with Crippen molar-refractivity contribution in [3.8, 4) is 0 Å². The van der Waals surface area contributed by atoms with Crippen LogP contribution in [0.1, 0.15) is 290 Å². The summed E-state index contributed by atoms with van der Waals surface area (Å²) in [6.45, 7) is 3.66. The molecule has 0 spiro atoms. The van der Waals surface area contributed by atoms with Gasteiger partial charge in [-0.25, -0.2) is 0 Å². The van der Waals surface area contributed by atoms with Gasteiger partial charge in [0.25, 0.3) is 0 Å². The molecule has 0 aliphatic carbocycles. The highest BCUT2D eigenvalue weighted by molar-refractivity contribution is 5.76. The molecule has 84 heavy (non-hydrogen) atoms. The third kappa shape index (κ3) is 50.7. The van der Waals surface area contributed by atoms with Gasteiger partial charge in [0.1, 0.15) is 24.4 Å². The van der Waals surface area contributed by atoms with Crippen LogP contribution in [0.25, 0.3) is 0 Å². The van der Waals surface area contributed by atoms with Crippen LogP contribution < -0.4 is 5.32 Å². The van der Waals surface area contributed by atoms with Gasteiger partial charge in [-0.15, -0.1) is 0 Å². The van der Waals surface area contributed by atoms with Gasteiger partial charge in [0.15, 0.2) is 6.29 Å². The molecule has 1 fully saturated rings. The predicted octanol–water partition coefficient (Wildman–Crippen LogP) is 19.0. The number of hydrogen-bond donors (Lipinski definition) is 6. The molecule has 0 aromatic carbocycles. The van der Waals surface area contributed by atoms with Crippen LogP contribution in [-0.2, 0) is 14.3 Å². The molecule has 0 bridgehead atoms. The number of aliphatic hydroxyl groups is 5. The minimum Gasteiger partial charge on any atom is -0.394 e. The molecule has 1 heterocycles. The van der Waals surface area contributed by atoms with Crippen molar-refractivity contribution < 1.29 is 39.8 Å². The molecule has 0 radical (unpaired) electrons. The van der Waals surface area contributed by atoms with Crippen molar-refractivity contribution in [1.29, 1.82) is 0 Å². The zero-order valence-corrected chi connectivity index (χ0v) is 53.9. The predicted molar refractivity (Wildman–Crippen MR) is 359 cm³/mol. The molecule has 0 aromatic heterocycles. The number of carbonyl (C=O) groups is 1. The van der Waals surface area contributed by atoms with Crippen molar-refractivity contribution in [2.24, 2.45) is 0 Å². The molecule has 9 nitrogen and oxygen atoms in total. The van der Waals surface area contributed by atoms with E-state index in [1.807, 2.05) is 6.08 Å². The lowest BCUT2D eigenvalue weighted by molar-refractivity contribution is -0.302. The van der Waals surface area contributed by atoms with E-state index in [-0.39, 0.29) is 12.5 Å². The van der Waals surface area contributed by atoms with Crippen molar-refractivity contribution in [3.05, 3.63) is 122 Å². The van der Waals surface area contributed by atoms with Crippen LogP contribution in [0.3, 0.4) is 0 Å². The Morgan fingerprint density at radius 2 is 0.750 bits per heavy atom. The molecule has 1 rings (SSSR count). The summed E-state index contributed by atoms with van der Waals surface area (Å²) < 4.78 is 11.3. The Balaban J connectivity index is 2.16. The maximum Gasteiger partial charge on any atom is 0.220 e. The van der Waals surface area contributed by atoms with Crippen LogP contribution in [-0.4, -0.2) is 87.5 Å². The van der Waals surface area contributed by atoms with Crippen molar-refractivity contribution in [2.45, 2.75) is 333 Å². The van der Waals surface area contributed by atoms with Gasteiger partial charge in [0.05, 0.1) is 25.4 Å². The molecular formula is C75H129NO8. The molecule has 1 aliphatic heterocycles. The smallest absolute Gasteiger partial charge is 0.220 e. The topological polar surface area (TPSA) is 149 Å². The zero-order valence-electron chi connectivity index (χ0n) is 53.9. The second-order valence-corrected chi connectivity index (χ2v) is 23.6. The molecule has 0 saturated carbocycles. The summed E-state index contributed by atoms with van der Waals surface area (Å²) in [6, 6.07) is -0.836. The lowest BCUT2D eigenvalue weighted by Crippen LogP contribution is -2.60. The van der Waals surface area contributed by atoms with Crippen molar-refractivity contribution in [1.82, 2.24) is 5.32 Å². The number of aliphatic hydroxyl groups excluding tert-OH is 5. The first-order chi connectivity index (χ1) is 41.3. The van der Waals surface area contributed by atoms with Crippen LogP contribution in [0, 0.1) is 0 Å². The van der Waals surface area contributed by atoms with Crippen LogP contribution in [0.15, 0.2) is 122 Å². The van der Waals surface area contributed by atoms with E-state index < -0.39 is 49.5 Å². The number of hydrogen-bond acceptors (Lipinski definition) is 8. The summed E-state index contributed by atoms with van der Waals surface area (Å²) in [4.78, 5) is 13.1. The van der Waals surface area contributed by atoms with Crippen molar-refractivity contribution >= 4 is 5.91 Å². The molecule has 6 N–H and O–H groups in total. The number of carbonyl (C=O) groups excluding carboxylic acids is 1. The lowest BCUT2D eigenvalue weighted by atomic mass is 9.99. The number of amides is 1. The van der Waals surface area contributed by atoms with E-state index in [0.717, 1.165) is 89.9 Å². The SMILES string of the molecule is CC/C=C\C/C=C\C/C=C\C/C=C\C/C=C\C/C=C\C/C=C\CCCCCCCCCCCCCCCCCC(=O)NC(COC1OC(CO)C(O)C(O)C1O)C(O)/C=C/CC/C=C/CC/C=C/CCCCCCCCCCCCCCCC. The fourth-order valence-corrected chi connectivity index (χ4v) is 10.3. The molecule has 1 saturated heterocycles. The first kappa shape index (κ1) is 78.6. The fourth-order valence-electron chi connectivity index (χ4n) is 10.3. The van der Waals surface area contributed by atoms with Gasteiger partial charge < -0.3 is 40.3 Å². The van der Waals surface area contributed by atoms with Gasteiger partial charge in [0, 0.05) is 6.42 Å². The fraction of sp³-hybridized carbons (Fsp3) is 0.720. The summed E-state index contributed by atoms with van der Waals surface area (Å²) >= 11 is 0. The van der Waals surface area contributed by atoms with E-state index in [1.54, 1.807) is 6.08 Å². The molecule has 9 heteroatoms. The minimum absolute atomic E-state index is 0.193. The van der Waals surface area contributed by atoms with E-state index in [9.17, 15) is 30.3 Å². The van der Waals surface area contributed by atoms with Gasteiger partial charge >= 0.3 is 0 Å². The average molecular weight is 1170 g/mol. The maximum absolute atomic E-state index is 13.1. The van der Waals surface area contributed by atoms with Gasteiger partial charge in [-0.2, -0.15) is 0 Å². The molecule has 0 aromatic rings. The van der Waals surface area contributed by atoms with Gasteiger partial charge in [-0.05, 0) is 103 Å². The Morgan fingerprint density at radius 3 is 1.14 bits per heavy atom. The Kier molecular flexibility index (Phi) is 58.6. The molecule has 1 amide bonds. The number of unbranched alkanes of at least 4 members (excludes halogenated alkanes) is 31. The second-order valence-electron chi connectivity index (χ2n) is 23.6.